The van der Waals surface area contributed by atoms with Crippen molar-refractivity contribution in [1.29, 1.82) is 0 Å². The van der Waals surface area contributed by atoms with Crippen molar-refractivity contribution in [2.45, 2.75) is 24.9 Å². The van der Waals surface area contributed by atoms with E-state index >= 15 is 0 Å². The molecule has 0 saturated carbocycles. The summed E-state index contributed by atoms with van der Waals surface area (Å²) in [4.78, 5) is 12.6. The minimum Gasteiger partial charge on any atom is -0.348 e. The summed E-state index contributed by atoms with van der Waals surface area (Å²) in [5.41, 5.74) is 2.14. The molecular formula is C20H20FN3O3S. The van der Waals surface area contributed by atoms with Gasteiger partial charge in [-0.3, -0.25) is 9.48 Å². The number of rotatable bonds is 6. The molecule has 0 aliphatic rings. The van der Waals surface area contributed by atoms with E-state index in [9.17, 15) is 17.6 Å². The molecule has 0 fully saturated rings. The SMILES string of the molecule is CCn1cc(CNC(=O)c2cc(F)cc(-c3ccc(S(C)(=O)=O)cc3)c2)cn1. The van der Waals surface area contributed by atoms with Crippen molar-refractivity contribution in [2.24, 2.45) is 0 Å². The summed E-state index contributed by atoms with van der Waals surface area (Å²) in [6.45, 7) is 2.99. The second-order valence-electron chi connectivity index (χ2n) is 6.41. The van der Waals surface area contributed by atoms with E-state index in [2.05, 4.69) is 10.4 Å². The molecule has 3 aromatic rings. The van der Waals surface area contributed by atoms with Gasteiger partial charge in [0.05, 0.1) is 11.1 Å². The molecule has 0 spiro atoms. The molecule has 1 N–H and O–H groups in total. The van der Waals surface area contributed by atoms with Crippen LogP contribution in [0, 0.1) is 5.82 Å². The van der Waals surface area contributed by atoms with Crippen LogP contribution < -0.4 is 5.32 Å². The van der Waals surface area contributed by atoms with Crippen LogP contribution in [0.3, 0.4) is 0 Å². The van der Waals surface area contributed by atoms with Crippen molar-refractivity contribution in [3.63, 3.8) is 0 Å². The van der Waals surface area contributed by atoms with E-state index < -0.39 is 21.6 Å². The Morgan fingerprint density at radius 1 is 1.14 bits per heavy atom. The number of nitrogens with zero attached hydrogens (tertiary/aromatic N) is 2. The lowest BCUT2D eigenvalue weighted by Gasteiger charge is -2.08. The lowest BCUT2D eigenvalue weighted by molar-refractivity contribution is 0.0950. The maximum absolute atomic E-state index is 14.1. The number of benzene rings is 2. The topological polar surface area (TPSA) is 81.1 Å². The zero-order chi connectivity index (χ0) is 20.3. The lowest BCUT2D eigenvalue weighted by Crippen LogP contribution is -2.22. The highest BCUT2D eigenvalue weighted by atomic mass is 32.2. The van der Waals surface area contributed by atoms with Crippen molar-refractivity contribution < 1.29 is 17.6 Å². The van der Waals surface area contributed by atoms with Crippen molar-refractivity contribution in [3.8, 4) is 11.1 Å². The highest BCUT2D eigenvalue weighted by Crippen LogP contribution is 2.24. The summed E-state index contributed by atoms with van der Waals surface area (Å²) in [5.74, 6) is -0.952. The molecule has 0 aliphatic heterocycles. The van der Waals surface area contributed by atoms with E-state index in [4.69, 9.17) is 0 Å². The molecule has 28 heavy (non-hydrogen) atoms. The molecule has 0 bridgehead atoms. The molecule has 1 heterocycles. The fraction of sp³-hybridized carbons (Fsp3) is 0.200. The Balaban J connectivity index is 1.79. The molecule has 0 atom stereocenters. The predicted molar refractivity (Wildman–Crippen MR) is 104 cm³/mol. The Morgan fingerprint density at radius 3 is 2.46 bits per heavy atom. The summed E-state index contributed by atoms with van der Waals surface area (Å²) in [6.07, 6.45) is 4.63. The van der Waals surface area contributed by atoms with E-state index in [0.29, 0.717) is 11.1 Å². The molecule has 0 aliphatic carbocycles. The molecule has 2 aromatic carbocycles. The fourth-order valence-electron chi connectivity index (χ4n) is 2.74. The van der Waals surface area contributed by atoms with E-state index in [-0.39, 0.29) is 17.0 Å². The van der Waals surface area contributed by atoms with E-state index in [1.165, 1.54) is 24.3 Å². The Labute approximate surface area is 162 Å². The number of hydrogen-bond acceptors (Lipinski definition) is 4. The number of sulfone groups is 1. The standard InChI is InChI=1S/C20H20FN3O3S/c1-3-24-13-14(12-23-24)11-22-20(25)17-8-16(9-18(21)10-17)15-4-6-19(7-5-15)28(2,26)27/h4-10,12-13H,3,11H2,1-2H3,(H,22,25). The third-order valence-electron chi connectivity index (χ3n) is 4.24. The van der Waals surface area contributed by atoms with E-state index in [1.54, 1.807) is 29.1 Å². The number of nitrogens with one attached hydrogen (secondary N) is 1. The van der Waals surface area contributed by atoms with Crippen molar-refractivity contribution in [1.82, 2.24) is 15.1 Å². The lowest BCUT2D eigenvalue weighted by atomic mass is 10.0. The monoisotopic (exact) mass is 401 g/mol. The molecule has 1 amide bonds. The molecule has 0 saturated heterocycles. The van der Waals surface area contributed by atoms with Gasteiger partial charge in [-0.1, -0.05) is 12.1 Å². The van der Waals surface area contributed by atoms with Crippen LogP contribution in [-0.4, -0.2) is 30.4 Å². The van der Waals surface area contributed by atoms with Gasteiger partial charge in [0.15, 0.2) is 9.84 Å². The minimum atomic E-state index is -3.31. The summed E-state index contributed by atoms with van der Waals surface area (Å²) in [6, 6.07) is 10.1. The first kappa shape index (κ1) is 19.8. The third-order valence-corrected chi connectivity index (χ3v) is 5.37. The smallest absolute Gasteiger partial charge is 0.251 e. The van der Waals surface area contributed by atoms with Gasteiger partial charge < -0.3 is 5.32 Å². The number of hydrogen-bond donors (Lipinski definition) is 1. The van der Waals surface area contributed by atoms with Gasteiger partial charge in [0.2, 0.25) is 0 Å². The third kappa shape index (κ3) is 4.64. The summed E-state index contributed by atoms with van der Waals surface area (Å²) < 4.78 is 39.0. The van der Waals surface area contributed by atoms with Gasteiger partial charge in [-0.15, -0.1) is 0 Å². The second-order valence-corrected chi connectivity index (χ2v) is 8.43. The fourth-order valence-corrected chi connectivity index (χ4v) is 3.37. The zero-order valence-corrected chi connectivity index (χ0v) is 16.3. The molecule has 6 nitrogen and oxygen atoms in total. The Bertz CT molecular complexity index is 1110. The van der Waals surface area contributed by atoms with Crippen LogP contribution >= 0.6 is 0 Å². The zero-order valence-electron chi connectivity index (χ0n) is 15.5. The van der Waals surface area contributed by atoms with Crippen LogP contribution in [0.25, 0.3) is 11.1 Å². The normalized spacial score (nSPS) is 11.4. The van der Waals surface area contributed by atoms with Gasteiger partial charge in [-0.25, -0.2) is 12.8 Å². The Hall–Kier alpha value is -3.00. The minimum absolute atomic E-state index is 0.179. The predicted octanol–water partition coefficient (Wildman–Crippen LogP) is 3.04. The summed E-state index contributed by atoms with van der Waals surface area (Å²) >= 11 is 0. The first-order valence-corrected chi connectivity index (χ1v) is 10.6. The Morgan fingerprint density at radius 2 is 1.86 bits per heavy atom. The second kappa shape index (κ2) is 7.93. The largest absolute Gasteiger partial charge is 0.348 e. The molecule has 8 heteroatoms. The number of halogens is 1. The van der Waals surface area contributed by atoms with Crippen LogP contribution in [0.15, 0.2) is 59.8 Å². The molecular weight excluding hydrogens is 381 g/mol. The van der Waals surface area contributed by atoms with Crippen molar-refractivity contribution in [3.05, 3.63) is 71.8 Å². The van der Waals surface area contributed by atoms with Crippen LogP contribution in [-0.2, 0) is 22.9 Å². The molecule has 3 rings (SSSR count). The van der Waals surface area contributed by atoms with Gasteiger partial charge in [0, 0.05) is 36.7 Å². The van der Waals surface area contributed by atoms with Gasteiger partial charge in [-0.2, -0.15) is 5.10 Å². The van der Waals surface area contributed by atoms with Crippen LogP contribution in [0.4, 0.5) is 4.39 Å². The van der Waals surface area contributed by atoms with Gasteiger partial charge in [0.25, 0.3) is 5.91 Å². The maximum atomic E-state index is 14.1. The Kier molecular flexibility index (Phi) is 5.60. The first-order chi connectivity index (χ1) is 13.3. The molecule has 0 radical (unpaired) electrons. The average Bonchev–Trinajstić information content (AvgIpc) is 3.13. The quantitative estimate of drug-likeness (QED) is 0.688. The van der Waals surface area contributed by atoms with Crippen molar-refractivity contribution >= 4 is 15.7 Å². The maximum Gasteiger partial charge on any atom is 0.251 e. The summed E-state index contributed by atoms with van der Waals surface area (Å²) in [7, 11) is -3.31. The molecule has 0 unspecified atom stereocenters. The molecule has 1 aromatic heterocycles. The number of aryl methyl sites for hydroxylation is 1. The first-order valence-electron chi connectivity index (χ1n) is 8.67. The van der Waals surface area contributed by atoms with Crippen LogP contribution in [0.2, 0.25) is 0 Å². The van der Waals surface area contributed by atoms with Crippen LogP contribution in [0.1, 0.15) is 22.8 Å². The number of aromatic nitrogens is 2. The number of amides is 1. The van der Waals surface area contributed by atoms with E-state index in [1.807, 2.05) is 13.1 Å². The number of carbonyl (C=O) groups is 1. The van der Waals surface area contributed by atoms with Crippen LogP contribution in [0.5, 0.6) is 0 Å². The molecule has 146 valence electrons. The number of carbonyl (C=O) groups excluding carboxylic acids is 1. The van der Waals surface area contributed by atoms with Gasteiger partial charge in [-0.05, 0) is 48.4 Å². The highest BCUT2D eigenvalue weighted by Gasteiger charge is 2.12. The average molecular weight is 401 g/mol. The summed E-state index contributed by atoms with van der Waals surface area (Å²) in [5, 5.41) is 6.89. The van der Waals surface area contributed by atoms with Gasteiger partial charge in [0.1, 0.15) is 5.82 Å². The van der Waals surface area contributed by atoms with Gasteiger partial charge >= 0.3 is 0 Å². The van der Waals surface area contributed by atoms with Crippen molar-refractivity contribution in [2.75, 3.05) is 6.26 Å². The van der Waals surface area contributed by atoms with E-state index in [0.717, 1.165) is 18.4 Å². The highest BCUT2D eigenvalue weighted by molar-refractivity contribution is 7.90.